The van der Waals surface area contributed by atoms with E-state index in [1.807, 2.05) is 13.8 Å². The third kappa shape index (κ3) is 8.01. The van der Waals surface area contributed by atoms with Gasteiger partial charge in [-0.25, -0.2) is 12.8 Å². The van der Waals surface area contributed by atoms with Gasteiger partial charge in [0.15, 0.2) is 0 Å². The Balaban J connectivity index is 2.36. The molecular formula is C23H29ClFN3O4S. The first-order valence-corrected chi connectivity index (χ1v) is 12.7. The van der Waals surface area contributed by atoms with Crippen LogP contribution >= 0.6 is 11.6 Å². The highest BCUT2D eigenvalue weighted by molar-refractivity contribution is 7.92. The van der Waals surface area contributed by atoms with Crippen molar-refractivity contribution >= 4 is 39.1 Å². The Labute approximate surface area is 199 Å². The standard InChI is InChI=1S/C23H29ClFN3O4S/c1-16(2)13-26-23(30)17(3)27(14-18-7-5-8-19(24)11-18)22(29)15-28(33(4,31)32)21-10-6-9-20(25)12-21/h5-12,16-17H,13-15H2,1-4H3,(H,26,30)/t17-/m1/s1. The zero-order chi connectivity index (χ0) is 24.8. The van der Waals surface area contributed by atoms with E-state index in [1.54, 1.807) is 31.2 Å². The van der Waals surface area contributed by atoms with Gasteiger partial charge < -0.3 is 10.2 Å². The number of benzene rings is 2. The minimum absolute atomic E-state index is 0.0190. The van der Waals surface area contributed by atoms with Crippen LogP contribution in [0.4, 0.5) is 10.1 Å². The number of carbonyl (C=O) groups excluding carboxylic acids is 2. The van der Waals surface area contributed by atoms with E-state index in [-0.39, 0.29) is 24.1 Å². The summed E-state index contributed by atoms with van der Waals surface area (Å²) in [5.41, 5.74) is 0.696. The van der Waals surface area contributed by atoms with Gasteiger partial charge in [-0.05, 0) is 48.7 Å². The summed E-state index contributed by atoms with van der Waals surface area (Å²) in [4.78, 5) is 27.4. The van der Waals surface area contributed by atoms with Crippen molar-refractivity contribution in [1.29, 1.82) is 0 Å². The summed E-state index contributed by atoms with van der Waals surface area (Å²) in [6, 6.07) is 10.9. The normalized spacial score (nSPS) is 12.3. The molecular weight excluding hydrogens is 469 g/mol. The first-order valence-electron chi connectivity index (χ1n) is 10.4. The number of rotatable bonds is 10. The first kappa shape index (κ1) is 26.6. The van der Waals surface area contributed by atoms with E-state index in [2.05, 4.69) is 5.32 Å². The van der Waals surface area contributed by atoms with Gasteiger partial charge in [-0.3, -0.25) is 13.9 Å². The predicted molar refractivity (Wildman–Crippen MR) is 128 cm³/mol. The summed E-state index contributed by atoms with van der Waals surface area (Å²) in [5, 5.41) is 3.26. The third-order valence-electron chi connectivity index (χ3n) is 4.87. The van der Waals surface area contributed by atoms with Gasteiger partial charge in [0, 0.05) is 18.1 Å². The Kier molecular flexibility index (Phi) is 9.25. The lowest BCUT2D eigenvalue weighted by Gasteiger charge is -2.31. The first-order chi connectivity index (χ1) is 15.4. The second-order valence-corrected chi connectivity index (χ2v) is 10.6. The predicted octanol–water partition coefficient (Wildman–Crippen LogP) is 3.43. The molecule has 1 N–H and O–H groups in total. The lowest BCUT2D eigenvalue weighted by Crippen LogP contribution is -2.51. The average Bonchev–Trinajstić information content (AvgIpc) is 2.72. The van der Waals surface area contributed by atoms with Gasteiger partial charge in [0.05, 0.1) is 11.9 Å². The van der Waals surface area contributed by atoms with Gasteiger partial charge in [0.1, 0.15) is 18.4 Å². The van der Waals surface area contributed by atoms with E-state index in [9.17, 15) is 22.4 Å². The maximum Gasteiger partial charge on any atom is 0.244 e. The Morgan fingerprint density at radius 3 is 2.33 bits per heavy atom. The van der Waals surface area contributed by atoms with Crippen molar-refractivity contribution in [3.8, 4) is 0 Å². The van der Waals surface area contributed by atoms with Crippen LogP contribution in [-0.4, -0.2) is 50.5 Å². The number of nitrogens with one attached hydrogen (secondary N) is 1. The molecule has 180 valence electrons. The smallest absolute Gasteiger partial charge is 0.244 e. The molecule has 0 aliphatic heterocycles. The number of carbonyl (C=O) groups is 2. The number of hydrogen-bond donors (Lipinski definition) is 1. The quantitative estimate of drug-likeness (QED) is 0.544. The molecule has 7 nitrogen and oxygen atoms in total. The molecule has 0 unspecified atom stereocenters. The van der Waals surface area contributed by atoms with Crippen LogP contribution in [0.1, 0.15) is 26.3 Å². The van der Waals surface area contributed by atoms with E-state index in [0.717, 1.165) is 16.6 Å². The molecule has 10 heteroatoms. The SMILES string of the molecule is CC(C)CNC(=O)[C@@H](C)N(Cc1cccc(Cl)c1)C(=O)CN(c1cccc(F)c1)S(C)(=O)=O. The highest BCUT2D eigenvalue weighted by Crippen LogP contribution is 2.20. The Morgan fingerprint density at radius 2 is 1.76 bits per heavy atom. The van der Waals surface area contributed by atoms with Gasteiger partial charge in [0.25, 0.3) is 0 Å². The fourth-order valence-corrected chi connectivity index (χ4v) is 4.17. The van der Waals surface area contributed by atoms with E-state index in [0.29, 0.717) is 17.1 Å². The molecule has 0 heterocycles. The summed E-state index contributed by atoms with van der Waals surface area (Å²) in [6.07, 6.45) is 0.936. The van der Waals surface area contributed by atoms with Crippen molar-refractivity contribution in [2.75, 3.05) is 23.7 Å². The molecule has 0 spiro atoms. The van der Waals surface area contributed by atoms with Gasteiger partial charge in [0.2, 0.25) is 21.8 Å². The minimum atomic E-state index is -3.91. The summed E-state index contributed by atoms with van der Waals surface area (Å²) in [7, 11) is -3.91. The molecule has 0 aliphatic rings. The summed E-state index contributed by atoms with van der Waals surface area (Å²) >= 11 is 6.07. The molecule has 0 radical (unpaired) electrons. The molecule has 2 aromatic carbocycles. The monoisotopic (exact) mass is 497 g/mol. The molecule has 0 saturated carbocycles. The molecule has 2 amide bonds. The lowest BCUT2D eigenvalue weighted by molar-refractivity contribution is -0.139. The Hall–Kier alpha value is -2.65. The maximum atomic E-state index is 13.7. The number of anilines is 1. The largest absolute Gasteiger partial charge is 0.354 e. The fourth-order valence-electron chi connectivity index (χ4n) is 3.11. The molecule has 33 heavy (non-hydrogen) atoms. The number of halogens is 2. The van der Waals surface area contributed by atoms with Crippen molar-refractivity contribution in [2.24, 2.45) is 5.92 Å². The average molecular weight is 498 g/mol. The number of amides is 2. The van der Waals surface area contributed by atoms with Crippen LogP contribution in [-0.2, 0) is 26.2 Å². The van der Waals surface area contributed by atoms with Gasteiger partial charge >= 0.3 is 0 Å². The van der Waals surface area contributed by atoms with E-state index >= 15 is 0 Å². The van der Waals surface area contributed by atoms with Crippen molar-refractivity contribution in [1.82, 2.24) is 10.2 Å². The third-order valence-corrected chi connectivity index (χ3v) is 6.24. The number of sulfonamides is 1. The van der Waals surface area contributed by atoms with Crippen LogP contribution in [0.25, 0.3) is 0 Å². The number of nitrogens with zero attached hydrogens (tertiary/aromatic N) is 2. The van der Waals surface area contributed by atoms with Crippen molar-refractivity contribution in [3.63, 3.8) is 0 Å². The lowest BCUT2D eigenvalue weighted by atomic mass is 10.1. The van der Waals surface area contributed by atoms with Crippen LogP contribution in [0.3, 0.4) is 0 Å². The summed E-state index contributed by atoms with van der Waals surface area (Å²) in [5.74, 6) is -1.40. The molecule has 1 atom stereocenters. The van der Waals surface area contributed by atoms with Crippen LogP contribution in [0.15, 0.2) is 48.5 Å². The molecule has 0 fully saturated rings. The number of hydrogen-bond acceptors (Lipinski definition) is 4. The second kappa shape index (κ2) is 11.5. The zero-order valence-electron chi connectivity index (χ0n) is 19.1. The Morgan fingerprint density at radius 1 is 1.09 bits per heavy atom. The molecule has 0 bridgehead atoms. The van der Waals surface area contributed by atoms with Gasteiger partial charge in [-0.15, -0.1) is 0 Å². The van der Waals surface area contributed by atoms with Gasteiger partial charge in [-0.1, -0.05) is 43.6 Å². The topological polar surface area (TPSA) is 86.8 Å². The minimum Gasteiger partial charge on any atom is -0.354 e. The van der Waals surface area contributed by atoms with Crippen LogP contribution in [0.5, 0.6) is 0 Å². The van der Waals surface area contributed by atoms with Gasteiger partial charge in [-0.2, -0.15) is 0 Å². The molecule has 0 aliphatic carbocycles. The van der Waals surface area contributed by atoms with Crippen molar-refractivity contribution in [2.45, 2.75) is 33.4 Å². The summed E-state index contributed by atoms with van der Waals surface area (Å²) in [6.45, 7) is 5.35. The molecule has 0 saturated heterocycles. The molecule has 2 rings (SSSR count). The fraction of sp³-hybridized carbons (Fsp3) is 0.391. The van der Waals surface area contributed by atoms with Crippen LogP contribution in [0, 0.1) is 11.7 Å². The van der Waals surface area contributed by atoms with E-state index < -0.39 is 34.3 Å². The summed E-state index contributed by atoms with van der Waals surface area (Å²) < 4.78 is 39.4. The highest BCUT2D eigenvalue weighted by atomic mass is 35.5. The van der Waals surface area contributed by atoms with Crippen LogP contribution in [0.2, 0.25) is 5.02 Å². The highest BCUT2D eigenvalue weighted by Gasteiger charge is 2.30. The van der Waals surface area contributed by atoms with E-state index in [4.69, 9.17) is 11.6 Å². The molecule has 0 aromatic heterocycles. The van der Waals surface area contributed by atoms with E-state index in [1.165, 1.54) is 23.1 Å². The second-order valence-electron chi connectivity index (χ2n) is 8.22. The molecule has 2 aromatic rings. The van der Waals surface area contributed by atoms with Crippen molar-refractivity contribution in [3.05, 3.63) is 64.9 Å². The maximum absolute atomic E-state index is 13.7. The van der Waals surface area contributed by atoms with Crippen LogP contribution < -0.4 is 9.62 Å². The van der Waals surface area contributed by atoms with Crippen molar-refractivity contribution < 1.29 is 22.4 Å². The zero-order valence-corrected chi connectivity index (χ0v) is 20.7. The Bertz CT molecular complexity index is 1090.